The van der Waals surface area contributed by atoms with Gasteiger partial charge in [-0.25, -0.2) is 0 Å². The fourth-order valence-electron chi connectivity index (χ4n) is 4.16. The summed E-state index contributed by atoms with van der Waals surface area (Å²) in [7, 11) is 2.27. The molecule has 0 bridgehead atoms. The fourth-order valence-corrected chi connectivity index (χ4v) is 6.37. The van der Waals surface area contributed by atoms with Gasteiger partial charge in [0.05, 0.1) is 6.54 Å². The van der Waals surface area contributed by atoms with E-state index < -0.39 is 0 Å². The first-order valence-electron chi connectivity index (χ1n) is 10.0. The van der Waals surface area contributed by atoms with Crippen LogP contribution in [0.15, 0.2) is 22.5 Å². The molecule has 0 amide bonds. The number of nitrogens with zero attached hydrogens (tertiary/aromatic N) is 2. The SMILES string of the molecule is CCNC(=NCC1(C)CCCS1)NCC1CCCN(C)C1c1cccs1.I. The smallest absolute Gasteiger partial charge is 0.191 e. The zero-order chi connectivity index (χ0) is 18.4. The lowest BCUT2D eigenvalue weighted by Gasteiger charge is -2.39. The van der Waals surface area contributed by atoms with E-state index in [1.165, 1.54) is 42.9 Å². The molecular formula is C20H35IN4S2. The molecule has 0 aliphatic carbocycles. The lowest BCUT2D eigenvalue weighted by Crippen LogP contribution is -2.45. The first-order chi connectivity index (χ1) is 12.6. The van der Waals surface area contributed by atoms with Crippen molar-refractivity contribution in [2.24, 2.45) is 10.9 Å². The number of thioether (sulfide) groups is 1. The number of thiophene rings is 1. The van der Waals surface area contributed by atoms with E-state index in [0.717, 1.165) is 25.6 Å². The number of halogens is 1. The molecule has 3 unspecified atom stereocenters. The largest absolute Gasteiger partial charge is 0.357 e. The predicted molar refractivity (Wildman–Crippen MR) is 132 cm³/mol. The third kappa shape index (κ3) is 6.51. The van der Waals surface area contributed by atoms with Gasteiger partial charge in [-0.2, -0.15) is 11.8 Å². The second-order valence-electron chi connectivity index (χ2n) is 7.82. The summed E-state index contributed by atoms with van der Waals surface area (Å²) in [6, 6.07) is 5.00. The van der Waals surface area contributed by atoms with E-state index >= 15 is 0 Å². The van der Waals surface area contributed by atoms with Crippen molar-refractivity contribution in [3.63, 3.8) is 0 Å². The van der Waals surface area contributed by atoms with Gasteiger partial charge in [-0.15, -0.1) is 35.3 Å². The van der Waals surface area contributed by atoms with Crippen molar-refractivity contribution in [3.8, 4) is 0 Å². The lowest BCUT2D eigenvalue weighted by atomic mass is 9.88. The molecular weight excluding hydrogens is 487 g/mol. The zero-order valence-corrected chi connectivity index (χ0v) is 20.8. The number of likely N-dealkylation sites (tertiary alicyclic amines) is 1. The fraction of sp³-hybridized carbons (Fsp3) is 0.750. The van der Waals surface area contributed by atoms with Crippen molar-refractivity contribution in [1.29, 1.82) is 0 Å². The molecule has 1 aromatic rings. The van der Waals surface area contributed by atoms with Crippen LogP contribution in [0.5, 0.6) is 0 Å². The molecule has 154 valence electrons. The minimum Gasteiger partial charge on any atom is -0.357 e. The Kier molecular flexibility index (Phi) is 9.71. The Balaban J connectivity index is 0.00000261. The van der Waals surface area contributed by atoms with E-state index in [4.69, 9.17) is 4.99 Å². The third-order valence-electron chi connectivity index (χ3n) is 5.59. The van der Waals surface area contributed by atoms with E-state index in [2.05, 4.69) is 65.7 Å². The number of guanidine groups is 1. The van der Waals surface area contributed by atoms with E-state index in [1.807, 2.05) is 11.3 Å². The van der Waals surface area contributed by atoms with Crippen molar-refractivity contribution in [1.82, 2.24) is 15.5 Å². The van der Waals surface area contributed by atoms with Crippen LogP contribution < -0.4 is 10.6 Å². The Labute approximate surface area is 190 Å². The molecule has 2 saturated heterocycles. The van der Waals surface area contributed by atoms with Gasteiger partial charge in [-0.05, 0) is 76.2 Å². The predicted octanol–water partition coefficient (Wildman–Crippen LogP) is 4.59. The number of hydrogen-bond acceptors (Lipinski definition) is 4. The number of rotatable bonds is 6. The highest BCUT2D eigenvalue weighted by Crippen LogP contribution is 2.38. The average molecular weight is 523 g/mol. The molecule has 27 heavy (non-hydrogen) atoms. The Morgan fingerprint density at radius 3 is 2.89 bits per heavy atom. The van der Waals surface area contributed by atoms with Gasteiger partial charge in [0.15, 0.2) is 5.96 Å². The van der Waals surface area contributed by atoms with Gasteiger partial charge < -0.3 is 10.6 Å². The van der Waals surface area contributed by atoms with Crippen molar-refractivity contribution in [2.45, 2.75) is 50.3 Å². The summed E-state index contributed by atoms with van der Waals surface area (Å²) in [5.74, 6) is 2.90. The van der Waals surface area contributed by atoms with Crippen molar-refractivity contribution >= 4 is 53.0 Å². The quantitative estimate of drug-likeness (QED) is 0.326. The number of piperidine rings is 1. The molecule has 2 aliphatic rings. The summed E-state index contributed by atoms with van der Waals surface area (Å²) in [4.78, 5) is 8.95. The van der Waals surface area contributed by atoms with Gasteiger partial charge in [0.1, 0.15) is 0 Å². The minimum absolute atomic E-state index is 0. The maximum absolute atomic E-state index is 4.92. The topological polar surface area (TPSA) is 39.7 Å². The van der Waals surface area contributed by atoms with E-state index in [0.29, 0.717) is 16.7 Å². The monoisotopic (exact) mass is 522 g/mol. The molecule has 0 spiro atoms. The van der Waals surface area contributed by atoms with E-state index in [-0.39, 0.29) is 24.0 Å². The van der Waals surface area contributed by atoms with Crippen LogP contribution in [0.3, 0.4) is 0 Å². The molecule has 3 heterocycles. The molecule has 0 saturated carbocycles. The van der Waals surface area contributed by atoms with Crippen molar-refractivity contribution < 1.29 is 0 Å². The molecule has 2 aliphatic heterocycles. The Morgan fingerprint density at radius 1 is 1.37 bits per heavy atom. The molecule has 2 N–H and O–H groups in total. The van der Waals surface area contributed by atoms with Gasteiger partial charge in [0.2, 0.25) is 0 Å². The highest BCUT2D eigenvalue weighted by molar-refractivity contribution is 14.0. The van der Waals surface area contributed by atoms with Crippen LogP contribution in [0.4, 0.5) is 0 Å². The summed E-state index contributed by atoms with van der Waals surface area (Å²) in [5.41, 5.74) is 0. The molecule has 0 radical (unpaired) electrons. The number of nitrogens with one attached hydrogen (secondary N) is 2. The minimum atomic E-state index is 0. The zero-order valence-electron chi connectivity index (χ0n) is 16.9. The Morgan fingerprint density at radius 2 is 2.22 bits per heavy atom. The summed E-state index contributed by atoms with van der Waals surface area (Å²) in [6.07, 6.45) is 5.19. The first kappa shape index (κ1) is 23.3. The summed E-state index contributed by atoms with van der Waals surface area (Å²) < 4.78 is 0.326. The van der Waals surface area contributed by atoms with Gasteiger partial charge >= 0.3 is 0 Å². The van der Waals surface area contributed by atoms with Crippen LogP contribution in [-0.2, 0) is 0 Å². The summed E-state index contributed by atoms with van der Waals surface area (Å²) in [6.45, 7) is 8.51. The molecule has 3 rings (SSSR count). The van der Waals surface area contributed by atoms with E-state index in [9.17, 15) is 0 Å². The molecule has 1 aromatic heterocycles. The molecule has 7 heteroatoms. The maximum atomic E-state index is 4.92. The highest BCUT2D eigenvalue weighted by atomic mass is 127. The molecule has 0 aromatic carbocycles. The summed E-state index contributed by atoms with van der Waals surface area (Å²) in [5, 5.41) is 9.30. The van der Waals surface area contributed by atoms with Crippen LogP contribution in [0.2, 0.25) is 0 Å². The summed E-state index contributed by atoms with van der Waals surface area (Å²) >= 11 is 3.97. The second kappa shape index (κ2) is 11.3. The van der Waals surface area contributed by atoms with Crippen LogP contribution in [0.25, 0.3) is 0 Å². The Bertz CT molecular complexity index is 573. The van der Waals surface area contributed by atoms with Crippen LogP contribution in [0.1, 0.15) is 50.4 Å². The number of aliphatic imine (C=N–C) groups is 1. The second-order valence-corrected chi connectivity index (χ2v) is 10.5. The van der Waals surface area contributed by atoms with Crippen LogP contribution in [0, 0.1) is 5.92 Å². The van der Waals surface area contributed by atoms with Crippen molar-refractivity contribution in [3.05, 3.63) is 22.4 Å². The van der Waals surface area contributed by atoms with Crippen LogP contribution >= 0.6 is 47.1 Å². The molecule has 2 fully saturated rings. The average Bonchev–Trinajstić information content (AvgIpc) is 3.30. The van der Waals surface area contributed by atoms with E-state index in [1.54, 1.807) is 0 Å². The number of hydrogen-bond donors (Lipinski definition) is 2. The highest BCUT2D eigenvalue weighted by Gasteiger charge is 2.32. The van der Waals surface area contributed by atoms with Gasteiger partial charge in [0, 0.05) is 28.8 Å². The van der Waals surface area contributed by atoms with Gasteiger partial charge in [0.25, 0.3) is 0 Å². The Hall–Kier alpha value is 0.01000. The first-order valence-corrected chi connectivity index (χ1v) is 11.9. The molecule has 4 nitrogen and oxygen atoms in total. The third-order valence-corrected chi connectivity index (χ3v) is 8.06. The lowest BCUT2D eigenvalue weighted by molar-refractivity contribution is 0.125. The van der Waals surface area contributed by atoms with Gasteiger partial charge in [-0.3, -0.25) is 9.89 Å². The van der Waals surface area contributed by atoms with Crippen molar-refractivity contribution in [2.75, 3.05) is 39.0 Å². The van der Waals surface area contributed by atoms with Gasteiger partial charge in [-0.1, -0.05) is 6.07 Å². The maximum Gasteiger partial charge on any atom is 0.191 e. The normalized spacial score (nSPS) is 29.4. The van der Waals surface area contributed by atoms with Crippen LogP contribution in [-0.4, -0.2) is 54.6 Å². The standard InChI is InChI=1S/C20H34N4S2.HI/c1-4-21-19(23-15-20(2)10-7-13-26-20)22-14-16-8-5-11-24(3)18(16)17-9-6-12-25-17;/h6,9,12,16,18H,4-5,7-8,10-11,13-15H2,1-3H3,(H2,21,22,23);1H. The molecule has 3 atom stereocenters.